The molecule has 9 nitrogen and oxygen atoms in total. The normalized spacial score (nSPS) is 15.7. The van der Waals surface area contributed by atoms with Gasteiger partial charge in [-0.1, -0.05) is 18.2 Å². The molecule has 1 aliphatic heterocycles. The van der Waals surface area contributed by atoms with Crippen molar-refractivity contribution in [3.8, 4) is 0 Å². The van der Waals surface area contributed by atoms with Gasteiger partial charge in [-0.3, -0.25) is 9.59 Å². The molecule has 3 heterocycles. The number of ether oxygens (including phenoxy) is 1. The Morgan fingerprint density at radius 1 is 1.30 bits per heavy atom. The summed E-state index contributed by atoms with van der Waals surface area (Å²) in [6.45, 7) is 7.62. The number of nitrogens with one attached hydrogen (secondary N) is 2. The fraction of sp³-hybridized carbons (Fsp3) is 0.357. The molecule has 0 spiro atoms. The predicted octanol–water partition coefficient (Wildman–Crippen LogP) is 4.59. The summed E-state index contributed by atoms with van der Waals surface area (Å²) in [5.74, 6) is 0.671. The maximum absolute atomic E-state index is 12.7. The number of amides is 3. The Morgan fingerprint density at radius 2 is 2.05 bits per heavy atom. The molecule has 194 valence electrons. The molecular weight excluding hydrogens is 472 g/mol. The molecule has 37 heavy (non-hydrogen) atoms. The third-order valence-corrected chi connectivity index (χ3v) is 6.06. The molecule has 3 aromatic rings. The molecule has 0 radical (unpaired) electrons. The number of hydrogen-bond donors (Lipinski definition) is 2. The molecule has 9 heteroatoms. The largest absolute Gasteiger partial charge is 0.459 e. The quantitative estimate of drug-likeness (QED) is 0.492. The third-order valence-electron chi connectivity index (χ3n) is 6.06. The second-order valence-corrected chi connectivity index (χ2v) is 10.2. The van der Waals surface area contributed by atoms with Crippen molar-refractivity contribution >= 4 is 40.8 Å². The summed E-state index contributed by atoms with van der Waals surface area (Å²) in [7, 11) is 1.72. The number of furan rings is 1. The number of para-hydroxylation sites is 1. The molecule has 1 aromatic carbocycles. The van der Waals surface area contributed by atoms with E-state index in [2.05, 4.69) is 15.6 Å². The first kappa shape index (κ1) is 25.9. The lowest BCUT2D eigenvalue weighted by molar-refractivity contribution is -0.125. The summed E-state index contributed by atoms with van der Waals surface area (Å²) in [5.41, 5.74) is 2.72. The lowest BCUT2D eigenvalue weighted by Crippen LogP contribution is -2.45. The van der Waals surface area contributed by atoms with Crippen molar-refractivity contribution in [1.29, 1.82) is 0 Å². The molecule has 0 fully saturated rings. The van der Waals surface area contributed by atoms with Crippen molar-refractivity contribution in [3.63, 3.8) is 0 Å². The number of fused-ring (bicyclic) bond motifs is 2. The number of carbonyl (C=O) groups excluding carboxylic acids is 3. The molecule has 0 aliphatic carbocycles. The number of likely N-dealkylation sites (N-methyl/N-ethyl adjacent to an activating group) is 1. The van der Waals surface area contributed by atoms with Crippen molar-refractivity contribution in [2.24, 2.45) is 0 Å². The molecule has 2 aromatic heterocycles. The molecule has 3 amide bonds. The molecular formula is C28H32N4O5. The van der Waals surface area contributed by atoms with Gasteiger partial charge in [-0.05, 0) is 69.9 Å². The summed E-state index contributed by atoms with van der Waals surface area (Å²) in [5, 5.41) is 6.43. The number of alkyl carbamates (subject to hydrolysis) is 1. The summed E-state index contributed by atoms with van der Waals surface area (Å²) in [6, 6.07) is 8.94. The van der Waals surface area contributed by atoms with Crippen LogP contribution in [0.3, 0.4) is 0 Å². The summed E-state index contributed by atoms with van der Waals surface area (Å²) in [4.78, 5) is 43.4. The van der Waals surface area contributed by atoms with Crippen molar-refractivity contribution < 1.29 is 23.5 Å². The zero-order valence-electron chi connectivity index (χ0n) is 21.8. The number of aryl methyl sites for hydroxylation is 2. The molecule has 0 saturated carbocycles. The van der Waals surface area contributed by atoms with Crippen LogP contribution in [0.25, 0.3) is 17.0 Å². The summed E-state index contributed by atoms with van der Waals surface area (Å²) < 4.78 is 11.2. The molecule has 1 aliphatic rings. The van der Waals surface area contributed by atoms with E-state index >= 15 is 0 Å². The van der Waals surface area contributed by atoms with Gasteiger partial charge in [0.2, 0.25) is 11.8 Å². The minimum absolute atomic E-state index is 0.176. The number of benzene rings is 1. The fourth-order valence-corrected chi connectivity index (χ4v) is 4.11. The van der Waals surface area contributed by atoms with Crippen LogP contribution >= 0.6 is 0 Å². The summed E-state index contributed by atoms with van der Waals surface area (Å²) >= 11 is 0. The monoisotopic (exact) mass is 504 g/mol. The van der Waals surface area contributed by atoms with E-state index in [1.807, 2.05) is 37.3 Å². The zero-order valence-corrected chi connectivity index (χ0v) is 21.8. The van der Waals surface area contributed by atoms with E-state index in [1.54, 1.807) is 45.0 Å². The van der Waals surface area contributed by atoms with Gasteiger partial charge >= 0.3 is 6.09 Å². The van der Waals surface area contributed by atoms with E-state index in [0.717, 1.165) is 33.4 Å². The molecule has 1 atom stereocenters. The molecule has 0 bridgehead atoms. The van der Waals surface area contributed by atoms with E-state index < -0.39 is 17.7 Å². The van der Waals surface area contributed by atoms with Crippen LogP contribution in [0.4, 0.5) is 10.6 Å². The van der Waals surface area contributed by atoms with Crippen LogP contribution in [0, 0.1) is 6.92 Å². The number of pyridine rings is 1. The Bertz CT molecular complexity index is 1370. The van der Waals surface area contributed by atoms with Gasteiger partial charge in [0.25, 0.3) is 0 Å². The van der Waals surface area contributed by atoms with E-state index in [1.165, 1.54) is 6.08 Å². The first-order valence-corrected chi connectivity index (χ1v) is 12.2. The van der Waals surface area contributed by atoms with E-state index in [-0.39, 0.29) is 11.8 Å². The minimum Gasteiger partial charge on any atom is -0.459 e. The van der Waals surface area contributed by atoms with Gasteiger partial charge in [0, 0.05) is 30.3 Å². The number of nitrogens with zero attached hydrogens (tertiary/aromatic N) is 2. The van der Waals surface area contributed by atoms with Gasteiger partial charge in [-0.2, -0.15) is 0 Å². The van der Waals surface area contributed by atoms with Crippen LogP contribution < -0.4 is 10.6 Å². The molecule has 0 unspecified atom stereocenters. The van der Waals surface area contributed by atoms with E-state index in [9.17, 15) is 14.4 Å². The number of carbonyl (C=O) groups is 3. The van der Waals surface area contributed by atoms with Crippen LogP contribution in [0.15, 0.2) is 47.0 Å². The topological polar surface area (TPSA) is 114 Å². The van der Waals surface area contributed by atoms with Gasteiger partial charge in [-0.15, -0.1) is 0 Å². The third kappa shape index (κ3) is 6.35. The Kier molecular flexibility index (Phi) is 7.33. The Morgan fingerprint density at radius 3 is 2.78 bits per heavy atom. The van der Waals surface area contributed by atoms with Gasteiger partial charge in [-0.25, -0.2) is 9.78 Å². The van der Waals surface area contributed by atoms with Crippen molar-refractivity contribution in [2.45, 2.75) is 58.7 Å². The molecule has 4 rings (SSSR count). The minimum atomic E-state index is -0.736. The zero-order chi connectivity index (χ0) is 26.7. The lowest BCUT2D eigenvalue weighted by Gasteiger charge is -2.22. The van der Waals surface area contributed by atoms with Crippen LogP contribution in [0.5, 0.6) is 0 Å². The number of anilines is 1. The highest BCUT2D eigenvalue weighted by atomic mass is 16.6. The van der Waals surface area contributed by atoms with Crippen LogP contribution in [-0.4, -0.2) is 46.5 Å². The Balaban J connectivity index is 1.39. The number of aromatic nitrogens is 1. The van der Waals surface area contributed by atoms with E-state index in [0.29, 0.717) is 25.2 Å². The Hall–Kier alpha value is -4.14. The fourth-order valence-electron chi connectivity index (χ4n) is 4.11. The SMILES string of the molecule is Cc1c(CN(C)C(=O)/C=C/c2cnc3c(c2)CC[C@H](NC(=O)OC(C)(C)C)C(=O)N3)oc2ccccc12. The number of rotatable bonds is 5. The van der Waals surface area contributed by atoms with Crippen molar-refractivity contribution in [3.05, 3.63) is 65.1 Å². The second-order valence-electron chi connectivity index (χ2n) is 10.2. The molecule has 2 N–H and O–H groups in total. The first-order valence-electron chi connectivity index (χ1n) is 12.2. The number of hydrogen-bond acceptors (Lipinski definition) is 6. The van der Waals surface area contributed by atoms with Gasteiger partial charge < -0.3 is 24.7 Å². The average Bonchev–Trinajstić information content (AvgIpc) is 3.05. The van der Waals surface area contributed by atoms with Gasteiger partial charge in [0.05, 0.1) is 6.54 Å². The highest BCUT2D eigenvalue weighted by Crippen LogP contribution is 2.26. The highest BCUT2D eigenvalue weighted by molar-refractivity contribution is 5.97. The van der Waals surface area contributed by atoms with Gasteiger partial charge in [0.1, 0.15) is 28.8 Å². The van der Waals surface area contributed by atoms with Crippen molar-refractivity contribution in [1.82, 2.24) is 15.2 Å². The second kappa shape index (κ2) is 10.5. The van der Waals surface area contributed by atoms with Crippen LogP contribution in [-0.2, 0) is 27.3 Å². The molecule has 0 saturated heterocycles. The average molecular weight is 505 g/mol. The highest BCUT2D eigenvalue weighted by Gasteiger charge is 2.28. The van der Waals surface area contributed by atoms with Crippen molar-refractivity contribution in [2.75, 3.05) is 12.4 Å². The standard InChI is InChI=1S/C28H32N4O5/c1-17-20-8-6-7-9-22(20)36-23(17)16-32(5)24(33)13-10-18-14-19-11-12-21(26(34)31-25(19)29-15-18)30-27(35)37-28(2,3)4/h6-10,13-15,21H,11-12,16H2,1-5H3,(H,30,35)(H,29,31,34)/b13-10+/t21-/m0/s1. The Labute approximate surface area is 215 Å². The smallest absolute Gasteiger partial charge is 0.408 e. The lowest BCUT2D eigenvalue weighted by atomic mass is 10.1. The maximum Gasteiger partial charge on any atom is 0.408 e. The van der Waals surface area contributed by atoms with E-state index in [4.69, 9.17) is 9.15 Å². The summed E-state index contributed by atoms with van der Waals surface area (Å²) in [6.07, 6.45) is 5.04. The maximum atomic E-state index is 12.7. The predicted molar refractivity (Wildman–Crippen MR) is 141 cm³/mol. The first-order chi connectivity index (χ1) is 17.5. The van der Waals surface area contributed by atoms with Gasteiger partial charge in [0.15, 0.2) is 0 Å². The van der Waals surface area contributed by atoms with Crippen LogP contribution in [0.1, 0.15) is 49.6 Å². The van der Waals surface area contributed by atoms with Crippen LogP contribution in [0.2, 0.25) is 0 Å².